The van der Waals surface area contributed by atoms with Gasteiger partial charge in [-0.3, -0.25) is 25.5 Å². The van der Waals surface area contributed by atoms with Gasteiger partial charge in [-0.2, -0.15) is 0 Å². The van der Waals surface area contributed by atoms with E-state index in [4.69, 9.17) is 22.1 Å². The van der Waals surface area contributed by atoms with Crippen LogP contribution in [0.2, 0.25) is 0 Å². The molecule has 27 heteroatoms. The van der Waals surface area contributed by atoms with Crippen molar-refractivity contribution in [3.05, 3.63) is 125 Å². The first-order valence-electron chi connectivity index (χ1n) is 18.7. The van der Waals surface area contributed by atoms with Gasteiger partial charge in [0, 0.05) is 81.8 Å². The number of rotatable bonds is 11. The second kappa shape index (κ2) is 22.6. The van der Waals surface area contributed by atoms with E-state index in [2.05, 4.69) is 61.3 Å². The largest absolute Gasteiger partial charge is 0.417 e. The SMILES string of the molecule is CC(C)(C)NS(=O)(=O)c1cc(N)ccc1-c1cnc(Br)s1.CC(C)(C)NS(=O)(=O)c1cc(NC(=O)Oc2ccc([N+](=O)[O-])cc2)ccc1-c1cnc(Br)s1.O=C(Cl)Oc1ccc([N+](=O)[O-])cc1. The number of sulfonamides is 2. The highest BCUT2D eigenvalue weighted by atomic mass is 79.9. The maximum atomic E-state index is 13.1. The van der Waals surface area contributed by atoms with Gasteiger partial charge in [0.05, 0.1) is 29.4 Å². The number of hydrogen-bond donors (Lipinski definition) is 4. The Hall–Kier alpha value is -5.45. The maximum absolute atomic E-state index is 13.1. The zero-order valence-corrected chi connectivity index (χ0v) is 43.0. The normalized spacial score (nSPS) is 11.5. The van der Waals surface area contributed by atoms with Crippen LogP contribution in [-0.2, 0) is 20.0 Å². The van der Waals surface area contributed by atoms with E-state index >= 15 is 0 Å². The first kappa shape index (κ1) is 54.2. The van der Waals surface area contributed by atoms with Crippen LogP contribution < -0.4 is 30.0 Å². The standard InChI is InChI=1S/C20H19BrN4O6S2.C13H16BrN3O2S2.C7H4ClNO4/c1-20(2,3)24-33(29,30)17-10-12(4-9-15(17)16-11-22-18(21)32-16)23-19(26)31-14-7-5-13(6-8-14)25(27)28;1-13(2,3)17-21(18,19)11-6-8(15)4-5-9(11)10-7-16-12(14)20-10;8-7(10)13-6-3-1-5(2-4-6)9(11)12/h4-11,24H,1-3H3,(H,23,26);4-7,17H,15H2,1-3H3;1-4H. The molecule has 0 bridgehead atoms. The Morgan fingerprint density at radius 1 is 0.672 bits per heavy atom. The molecule has 5 N–H and O–H groups in total. The first-order chi connectivity index (χ1) is 31.0. The predicted octanol–water partition coefficient (Wildman–Crippen LogP) is 10.7. The van der Waals surface area contributed by atoms with Crippen molar-refractivity contribution in [3.8, 4) is 32.4 Å². The summed E-state index contributed by atoms with van der Waals surface area (Å²) in [7, 11) is -7.64. The van der Waals surface area contributed by atoms with Gasteiger partial charge in [0.2, 0.25) is 20.0 Å². The Labute approximate surface area is 414 Å². The zero-order chi connectivity index (χ0) is 50.1. The minimum atomic E-state index is -3.96. The van der Waals surface area contributed by atoms with E-state index in [0.717, 1.165) is 4.88 Å². The summed E-state index contributed by atoms with van der Waals surface area (Å²) in [6, 6.07) is 19.3. The monoisotopic (exact) mass is 1140 g/mol. The lowest BCUT2D eigenvalue weighted by atomic mass is 10.1. The Bertz CT molecular complexity index is 3000. The van der Waals surface area contributed by atoms with Crippen molar-refractivity contribution in [2.24, 2.45) is 0 Å². The Morgan fingerprint density at radius 2 is 1.07 bits per heavy atom. The number of nitrogens with two attached hydrogens (primary N) is 1. The molecule has 0 unspecified atom stereocenters. The second-order valence-corrected chi connectivity index (χ2v) is 23.7. The number of nitrogen functional groups attached to an aromatic ring is 1. The lowest BCUT2D eigenvalue weighted by molar-refractivity contribution is -0.385. The number of halogens is 3. The third-order valence-electron chi connectivity index (χ3n) is 7.68. The quantitative estimate of drug-likeness (QED) is 0.0406. The fourth-order valence-corrected chi connectivity index (χ4v) is 11.4. The topological polar surface area (TPSA) is 295 Å². The number of amides is 1. The van der Waals surface area contributed by atoms with Gasteiger partial charge in [-0.25, -0.2) is 45.8 Å². The number of nitro benzene ring substituents is 2. The highest BCUT2D eigenvalue weighted by molar-refractivity contribution is 9.11. The average molecular weight is 1150 g/mol. The summed E-state index contributed by atoms with van der Waals surface area (Å²) in [6.07, 6.45) is 2.30. The number of carbonyl (C=O) groups is 2. The van der Waals surface area contributed by atoms with Gasteiger partial charge in [0.15, 0.2) is 7.83 Å². The smallest absolute Gasteiger partial charge is 0.414 e. The van der Waals surface area contributed by atoms with Crippen LogP contribution >= 0.6 is 66.1 Å². The molecule has 0 fully saturated rings. The molecule has 6 aromatic rings. The fourth-order valence-electron chi connectivity index (χ4n) is 5.28. The molecule has 2 heterocycles. The molecule has 0 atom stereocenters. The number of benzene rings is 4. The van der Waals surface area contributed by atoms with E-state index in [1.54, 1.807) is 72.1 Å². The fraction of sp³-hybridized carbons (Fsp3) is 0.200. The van der Waals surface area contributed by atoms with Gasteiger partial charge in [-0.15, -0.1) is 22.7 Å². The third kappa shape index (κ3) is 17.0. The van der Waals surface area contributed by atoms with Crippen molar-refractivity contribution in [3.63, 3.8) is 0 Å². The molecule has 0 aliphatic heterocycles. The summed E-state index contributed by atoms with van der Waals surface area (Å²) in [5.74, 6) is 0.261. The number of nitrogens with one attached hydrogen (secondary N) is 3. The zero-order valence-electron chi connectivity index (χ0n) is 35.8. The van der Waals surface area contributed by atoms with Crippen LogP contribution in [0.3, 0.4) is 0 Å². The van der Waals surface area contributed by atoms with Gasteiger partial charge in [0.25, 0.3) is 11.4 Å². The third-order valence-corrected chi connectivity index (χ3v) is 14.4. The lowest BCUT2D eigenvalue weighted by Crippen LogP contribution is -2.40. The molecule has 0 saturated heterocycles. The number of thiazole rings is 2. The summed E-state index contributed by atoms with van der Waals surface area (Å²) in [4.78, 5) is 52.1. The van der Waals surface area contributed by atoms with E-state index in [-0.39, 0.29) is 38.4 Å². The molecule has 356 valence electrons. The van der Waals surface area contributed by atoms with Crippen LogP contribution in [0.5, 0.6) is 11.5 Å². The minimum absolute atomic E-state index is 0.0401. The molecule has 1 amide bonds. The number of hydrogen-bond acceptors (Lipinski definition) is 17. The van der Waals surface area contributed by atoms with Gasteiger partial charge in [-0.1, -0.05) is 12.1 Å². The summed E-state index contributed by atoms with van der Waals surface area (Å²) in [6.45, 7) is 10.5. The van der Waals surface area contributed by atoms with Crippen LogP contribution in [0.1, 0.15) is 41.5 Å². The van der Waals surface area contributed by atoms with Gasteiger partial charge in [-0.05, 0) is 122 Å². The number of nitro groups is 2. The van der Waals surface area contributed by atoms with Crippen molar-refractivity contribution < 1.29 is 45.7 Å². The average Bonchev–Trinajstić information content (AvgIpc) is 3.84. The van der Waals surface area contributed by atoms with Gasteiger partial charge < -0.3 is 15.2 Å². The Balaban J connectivity index is 0.000000245. The highest BCUT2D eigenvalue weighted by Gasteiger charge is 2.28. The molecule has 67 heavy (non-hydrogen) atoms. The second-order valence-electron chi connectivity index (χ2n) is 15.5. The van der Waals surface area contributed by atoms with Crippen molar-refractivity contribution in [1.82, 2.24) is 19.4 Å². The molecule has 0 radical (unpaired) electrons. The van der Waals surface area contributed by atoms with E-state index in [0.29, 0.717) is 29.5 Å². The van der Waals surface area contributed by atoms with Crippen LogP contribution in [0.4, 0.5) is 32.3 Å². The summed E-state index contributed by atoms with van der Waals surface area (Å²) >= 11 is 14.1. The van der Waals surface area contributed by atoms with E-state index in [1.165, 1.54) is 89.4 Å². The maximum Gasteiger partial charge on any atom is 0.417 e. The predicted molar refractivity (Wildman–Crippen MR) is 263 cm³/mol. The van der Waals surface area contributed by atoms with Gasteiger partial charge in [0.1, 0.15) is 11.5 Å². The van der Waals surface area contributed by atoms with E-state index in [1.807, 2.05) is 0 Å². The summed E-state index contributed by atoms with van der Waals surface area (Å²) < 4.78 is 67.6. The molecule has 0 saturated carbocycles. The number of nitrogens with zero attached hydrogens (tertiary/aromatic N) is 4. The molecule has 0 aliphatic rings. The summed E-state index contributed by atoms with van der Waals surface area (Å²) in [5, 5.41) is 23.4. The first-order valence-corrected chi connectivity index (χ1v) is 25.3. The van der Waals surface area contributed by atoms with Gasteiger partial charge >= 0.3 is 11.5 Å². The molecule has 6 rings (SSSR count). The van der Waals surface area contributed by atoms with Crippen molar-refractivity contribution in [1.29, 1.82) is 0 Å². The molecule has 4 aromatic carbocycles. The van der Waals surface area contributed by atoms with Crippen LogP contribution in [0.25, 0.3) is 20.9 Å². The molecule has 2 aromatic heterocycles. The van der Waals surface area contributed by atoms with E-state index in [9.17, 15) is 46.7 Å². The molecule has 0 aliphatic carbocycles. The highest BCUT2D eigenvalue weighted by Crippen LogP contribution is 2.37. The number of aromatic nitrogens is 2. The Morgan fingerprint density at radius 3 is 1.45 bits per heavy atom. The van der Waals surface area contributed by atoms with Crippen molar-refractivity contribution in [2.45, 2.75) is 62.4 Å². The minimum Gasteiger partial charge on any atom is -0.414 e. The van der Waals surface area contributed by atoms with Crippen LogP contribution in [0.15, 0.2) is 115 Å². The number of anilines is 2. The lowest BCUT2D eigenvalue weighted by Gasteiger charge is -2.22. The molecular weight excluding hydrogens is 1110 g/mol. The van der Waals surface area contributed by atoms with Crippen LogP contribution in [-0.4, -0.2) is 59.2 Å². The van der Waals surface area contributed by atoms with Crippen LogP contribution in [0, 0.1) is 20.2 Å². The van der Waals surface area contributed by atoms with E-state index < -0.39 is 52.5 Å². The number of carbonyl (C=O) groups excluding carboxylic acids is 2. The van der Waals surface area contributed by atoms with Crippen molar-refractivity contribution in [2.75, 3.05) is 11.1 Å². The Kier molecular flexibility index (Phi) is 18.2. The summed E-state index contributed by atoms with van der Waals surface area (Å²) in [5.41, 5.74) is 4.84. The molecule has 0 spiro atoms. The number of non-ortho nitro benzene ring substituents is 2. The van der Waals surface area contributed by atoms with Crippen molar-refractivity contribution >= 4 is 120 Å². The molecule has 20 nitrogen and oxygen atoms in total. The molecular formula is C40H39Br2ClN8O12S4. The number of ether oxygens (including phenoxy) is 2.